The van der Waals surface area contributed by atoms with Crippen LogP contribution in [-0.4, -0.2) is 40.7 Å². The van der Waals surface area contributed by atoms with E-state index in [1.807, 2.05) is 6.92 Å². The number of benzene rings is 1. The molecule has 1 aliphatic heterocycles. The highest BCUT2D eigenvalue weighted by Crippen LogP contribution is 2.34. The number of halogens is 1. The first-order valence-electron chi connectivity index (χ1n) is 11.0. The third-order valence-electron chi connectivity index (χ3n) is 6.35. The van der Waals surface area contributed by atoms with E-state index in [1.165, 1.54) is 18.4 Å². The number of rotatable bonds is 10. The van der Waals surface area contributed by atoms with E-state index >= 15 is 0 Å². The predicted molar refractivity (Wildman–Crippen MR) is 126 cm³/mol. The van der Waals surface area contributed by atoms with Crippen LogP contribution in [-0.2, 0) is 6.54 Å². The van der Waals surface area contributed by atoms with Crippen molar-refractivity contribution in [2.24, 2.45) is 11.7 Å². The quantitative estimate of drug-likeness (QED) is 0.364. The molecule has 1 aliphatic rings. The number of hydrogen-bond donors (Lipinski definition) is 3. The van der Waals surface area contributed by atoms with Crippen molar-refractivity contribution in [1.29, 1.82) is 0 Å². The fraction of sp³-hybridized carbons (Fsp3) is 0.739. The summed E-state index contributed by atoms with van der Waals surface area (Å²) < 4.78 is 0. The van der Waals surface area contributed by atoms with Crippen LogP contribution >= 0.6 is 11.6 Å². The summed E-state index contributed by atoms with van der Waals surface area (Å²) in [6, 6.07) is 6.39. The van der Waals surface area contributed by atoms with Gasteiger partial charge < -0.3 is 15.8 Å². The van der Waals surface area contributed by atoms with Gasteiger partial charge in [-0.05, 0) is 81.5 Å². The van der Waals surface area contributed by atoms with Crippen LogP contribution in [0.4, 0.5) is 0 Å². The molecule has 1 heterocycles. The van der Waals surface area contributed by atoms with Crippen molar-refractivity contribution >= 4 is 18.7 Å². The van der Waals surface area contributed by atoms with Crippen LogP contribution in [0.2, 0.25) is 11.3 Å². The number of hydrogen-bond acceptors (Lipinski definition) is 4. The lowest BCUT2D eigenvalue weighted by Gasteiger charge is -2.38. The maximum atomic E-state index is 9.06. The van der Waals surface area contributed by atoms with Gasteiger partial charge in [0.1, 0.15) is 0 Å². The van der Waals surface area contributed by atoms with Crippen LogP contribution in [0.3, 0.4) is 0 Å². The molecule has 1 fully saturated rings. The molecule has 0 bridgehead atoms. The van der Waals surface area contributed by atoms with Gasteiger partial charge in [0, 0.05) is 17.1 Å². The Morgan fingerprint density at radius 3 is 2.62 bits per heavy atom. The van der Waals surface area contributed by atoms with Crippen molar-refractivity contribution in [3.63, 3.8) is 0 Å². The van der Waals surface area contributed by atoms with Crippen molar-refractivity contribution in [2.75, 3.05) is 13.1 Å². The maximum absolute atomic E-state index is 9.06. The van der Waals surface area contributed by atoms with Crippen molar-refractivity contribution < 1.29 is 10.0 Å². The van der Waals surface area contributed by atoms with E-state index in [0.29, 0.717) is 12.2 Å². The Morgan fingerprint density at radius 1 is 1.21 bits per heavy atom. The summed E-state index contributed by atoms with van der Waals surface area (Å²) in [5.74, 6) is 0.540. The second kappa shape index (κ2) is 13.0. The van der Waals surface area contributed by atoms with E-state index in [-0.39, 0.29) is 13.0 Å². The zero-order valence-electron chi connectivity index (χ0n) is 17.7. The molecule has 166 valence electrons. The van der Waals surface area contributed by atoms with E-state index in [9.17, 15) is 0 Å². The highest BCUT2D eigenvalue weighted by molar-refractivity contribution is 6.40. The average molecular weight is 425 g/mol. The Morgan fingerprint density at radius 2 is 1.97 bits per heavy atom. The monoisotopic (exact) mass is 424 g/mol. The highest BCUT2D eigenvalue weighted by Gasteiger charge is 2.34. The Hall–Kier alpha value is -0.585. The zero-order chi connectivity index (χ0) is 20.6. The molecule has 1 saturated heterocycles. The Labute approximate surface area is 184 Å². The molecule has 2 unspecified atom stereocenters. The lowest BCUT2D eigenvalue weighted by molar-refractivity contribution is 0.199. The van der Waals surface area contributed by atoms with Crippen molar-refractivity contribution in [3.8, 4) is 0 Å². The zero-order valence-corrected chi connectivity index (χ0v) is 18.4. The van der Waals surface area contributed by atoms with Crippen molar-refractivity contribution in [1.82, 2.24) is 4.90 Å². The molecule has 0 aromatic heterocycles. The van der Waals surface area contributed by atoms with Crippen LogP contribution in [0.1, 0.15) is 76.8 Å². The molecule has 0 aliphatic carbocycles. The smallest absolute Gasteiger partial charge is 0.427 e. The maximum Gasteiger partial charge on any atom is 0.451 e. The molecule has 0 radical (unpaired) electrons. The molecule has 1 aromatic carbocycles. The Balaban J connectivity index is 0.00000420. The minimum atomic E-state index is -1.19. The van der Waals surface area contributed by atoms with Gasteiger partial charge in [0.25, 0.3) is 0 Å². The molecule has 4 N–H and O–H groups in total. The topological polar surface area (TPSA) is 69.7 Å². The molecular formula is C23H42BClN2O2. The van der Waals surface area contributed by atoms with E-state index in [2.05, 4.69) is 30.0 Å². The number of unbranched alkanes of at least 4 members (excludes halogenated alkanes) is 1. The van der Waals surface area contributed by atoms with Crippen LogP contribution in [0.5, 0.6) is 0 Å². The Kier molecular flexibility index (Phi) is 11.8. The second-order valence-corrected chi connectivity index (χ2v) is 9.10. The molecule has 4 nitrogen and oxygen atoms in total. The van der Waals surface area contributed by atoms with Crippen LogP contribution in [0, 0.1) is 12.8 Å². The molecule has 29 heavy (non-hydrogen) atoms. The number of likely N-dealkylation sites (tertiary alicyclic amines) is 1. The number of aryl methyl sites for hydroxylation is 1. The summed E-state index contributed by atoms with van der Waals surface area (Å²) in [5.41, 5.74) is 9.23. The van der Waals surface area contributed by atoms with E-state index in [1.54, 1.807) is 0 Å². The SMILES string of the molecule is C.CCCC(N)(CCCCB(O)O)C1CCCN(Cc2ccc(C)c(Cl)c2)CC1. The molecule has 2 atom stereocenters. The molecule has 0 saturated carbocycles. The largest absolute Gasteiger partial charge is 0.451 e. The average Bonchev–Trinajstić information content (AvgIpc) is 2.88. The van der Waals surface area contributed by atoms with Crippen molar-refractivity contribution in [3.05, 3.63) is 34.3 Å². The first kappa shape index (κ1) is 26.5. The third-order valence-corrected chi connectivity index (χ3v) is 6.75. The van der Waals surface area contributed by atoms with Gasteiger partial charge in [-0.1, -0.05) is 57.3 Å². The molecular weight excluding hydrogens is 383 g/mol. The summed E-state index contributed by atoms with van der Waals surface area (Å²) in [7, 11) is -1.19. The number of nitrogens with zero attached hydrogens (tertiary/aromatic N) is 1. The van der Waals surface area contributed by atoms with Gasteiger partial charge in [0.15, 0.2) is 0 Å². The van der Waals surface area contributed by atoms with Crippen LogP contribution < -0.4 is 5.73 Å². The fourth-order valence-corrected chi connectivity index (χ4v) is 4.86. The first-order chi connectivity index (χ1) is 13.3. The predicted octanol–water partition coefficient (Wildman–Crippen LogP) is 5.03. The van der Waals surface area contributed by atoms with E-state index in [0.717, 1.165) is 68.7 Å². The minimum Gasteiger partial charge on any atom is -0.427 e. The molecule has 6 heteroatoms. The lowest BCUT2D eigenvalue weighted by Crippen LogP contribution is -2.47. The normalized spacial score (nSPS) is 19.9. The Bertz CT molecular complexity index is 602. The van der Waals surface area contributed by atoms with Crippen LogP contribution in [0.15, 0.2) is 18.2 Å². The summed E-state index contributed by atoms with van der Waals surface area (Å²) >= 11 is 6.30. The van der Waals surface area contributed by atoms with Gasteiger partial charge in [-0.25, -0.2) is 0 Å². The fourth-order valence-electron chi connectivity index (χ4n) is 4.66. The third kappa shape index (κ3) is 8.59. The van der Waals surface area contributed by atoms with Crippen LogP contribution in [0.25, 0.3) is 0 Å². The molecule has 0 spiro atoms. The van der Waals surface area contributed by atoms with Gasteiger partial charge in [0.05, 0.1) is 0 Å². The summed E-state index contributed by atoms with van der Waals surface area (Å²) in [6.45, 7) is 7.39. The van der Waals surface area contributed by atoms with Gasteiger partial charge in [-0.3, -0.25) is 4.90 Å². The number of nitrogens with two attached hydrogens (primary N) is 1. The molecule has 1 aromatic rings. The molecule has 0 amide bonds. The first-order valence-corrected chi connectivity index (χ1v) is 11.3. The standard InChI is InChI=1S/C22H38BClN2O2.CH4/c1-3-11-22(25,12-4-5-13-23(27)28)20-7-6-14-26(15-10-20)17-19-9-8-18(2)21(24)16-19;/h8-9,16,20,27-28H,3-7,10-15,17,25H2,1-2H3;1H4. The van der Waals surface area contributed by atoms with Gasteiger partial charge in [-0.15, -0.1) is 0 Å². The minimum absolute atomic E-state index is 0. The summed E-state index contributed by atoms with van der Waals surface area (Å²) in [5, 5.41) is 19.0. The van der Waals surface area contributed by atoms with E-state index in [4.69, 9.17) is 27.4 Å². The second-order valence-electron chi connectivity index (χ2n) is 8.70. The van der Waals surface area contributed by atoms with Gasteiger partial charge in [-0.2, -0.15) is 0 Å². The van der Waals surface area contributed by atoms with Crippen molar-refractivity contribution in [2.45, 2.75) is 91.0 Å². The van der Waals surface area contributed by atoms with E-state index < -0.39 is 7.12 Å². The van der Waals surface area contributed by atoms with Gasteiger partial charge in [0.2, 0.25) is 0 Å². The highest BCUT2D eigenvalue weighted by atomic mass is 35.5. The van der Waals surface area contributed by atoms with Gasteiger partial charge >= 0.3 is 7.12 Å². The molecule has 2 rings (SSSR count). The lowest BCUT2D eigenvalue weighted by atomic mass is 9.73. The summed E-state index contributed by atoms with van der Waals surface area (Å²) in [6.07, 6.45) is 8.87. The summed E-state index contributed by atoms with van der Waals surface area (Å²) in [4.78, 5) is 2.54.